The molecule has 7 heteroatoms. The van der Waals surface area contributed by atoms with Crippen LogP contribution in [0.4, 0.5) is 0 Å². The van der Waals surface area contributed by atoms with Gasteiger partial charge in [0.2, 0.25) is 0 Å². The molecule has 96 valence electrons. The lowest BCUT2D eigenvalue weighted by atomic mass is 10.2. The summed E-state index contributed by atoms with van der Waals surface area (Å²) in [6.07, 6.45) is 0. The predicted octanol–water partition coefficient (Wildman–Crippen LogP) is 0.283. The van der Waals surface area contributed by atoms with Crippen molar-refractivity contribution < 1.29 is 9.53 Å². The summed E-state index contributed by atoms with van der Waals surface area (Å²) in [6.45, 7) is 0. The molecule has 3 aromatic rings. The Morgan fingerprint density at radius 1 is 1.42 bits per heavy atom. The van der Waals surface area contributed by atoms with Gasteiger partial charge >= 0.3 is 0 Å². The van der Waals surface area contributed by atoms with Crippen molar-refractivity contribution in [1.29, 1.82) is 0 Å². The molecular formula is C12H10N4O3. The molecule has 2 heterocycles. The molecule has 0 aliphatic rings. The number of aromatic nitrogens is 3. The molecule has 1 aromatic carbocycles. The number of H-pyrrole nitrogens is 1. The van der Waals surface area contributed by atoms with Crippen molar-refractivity contribution in [1.82, 2.24) is 14.6 Å². The van der Waals surface area contributed by atoms with Crippen LogP contribution < -0.4 is 16.0 Å². The lowest BCUT2D eigenvalue weighted by molar-refractivity contribution is 0.0995. The number of methoxy groups -OCH3 is 1. The molecule has 0 saturated heterocycles. The van der Waals surface area contributed by atoms with Crippen LogP contribution >= 0.6 is 0 Å². The first kappa shape index (κ1) is 11.3. The number of benzene rings is 1. The molecule has 0 aliphatic carbocycles. The third-order valence-electron chi connectivity index (χ3n) is 2.87. The van der Waals surface area contributed by atoms with E-state index in [0.717, 1.165) is 4.52 Å². The Balaban J connectivity index is 2.42. The minimum atomic E-state index is -0.682. The molecule has 0 atom stereocenters. The van der Waals surface area contributed by atoms with Crippen LogP contribution in [0.15, 0.2) is 29.1 Å². The second-order valence-electron chi connectivity index (χ2n) is 4.03. The van der Waals surface area contributed by atoms with E-state index in [1.54, 1.807) is 18.2 Å². The van der Waals surface area contributed by atoms with Crippen LogP contribution in [0.5, 0.6) is 5.75 Å². The zero-order chi connectivity index (χ0) is 13.6. The molecule has 3 rings (SSSR count). The molecule has 3 N–H and O–H groups in total. The van der Waals surface area contributed by atoms with Gasteiger partial charge in [-0.2, -0.15) is 9.61 Å². The highest BCUT2D eigenvalue weighted by Crippen LogP contribution is 2.17. The van der Waals surface area contributed by atoms with E-state index in [9.17, 15) is 9.59 Å². The van der Waals surface area contributed by atoms with Gasteiger partial charge in [-0.25, -0.2) is 0 Å². The number of nitrogens with one attached hydrogen (secondary N) is 1. The number of amides is 1. The van der Waals surface area contributed by atoms with Crippen molar-refractivity contribution in [3.8, 4) is 5.75 Å². The van der Waals surface area contributed by atoms with E-state index in [2.05, 4.69) is 10.1 Å². The third kappa shape index (κ3) is 1.63. The monoisotopic (exact) mass is 258 g/mol. The van der Waals surface area contributed by atoms with Gasteiger partial charge in [0, 0.05) is 6.07 Å². The Hall–Kier alpha value is -2.83. The van der Waals surface area contributed by atoms with Gasteiger partial charge in [0.15, 0.2) is 5.69 Å². The molecule has 0 fully saturated rings. The summed E-state index contributed by atoms with van der Waals surface area (Å²) in [5, 5.41) is 4.30. The first-order chi connectivity index (χ1) is 9.10. The summed E-state index contributed by atoms with van der Waals surface area (Å²) in [6, 6.07) is 6.51. The summed E-state index contributed by atoms with van der Waals surface area (Å²) in [4.78, 5) is 26.4. The molecule has 0 unspecified atom stereocenters. The van der Waals surface area contributed by atoms with E-state index in [1.165, 1.54) is 13.2 Å². The fourth-order valence-electron chi connectivity index (χ4n) is 1.93. The molecule has 2 aromatic heterocycles. The number of rotatable bonds is 2. The minimum Gasteiger partial charge on any atom is -0.497 e. The highest BCUT2D eigenvalue weighted by Gasteiger charge is 2.12. The van der Waals surface area contributed by atoms with Crippen LogP contribution in [-0.2, 0) is 0 Å². The molecule has 0 radical (unpaired) electrons. The molecule has 7 nitrogen and oxygen atoms in total. The van der Waals surface area contributed by atoms with Crippen LogP contribution in [0.25, 0.3) is 16.6 Å². The van der Waals surface area contributed by atoms with Gasteiger partial charge in [-0.3, -0.25) is 9.59 Å². The Labute approximate surface area is 106 Å². The van der Waals surface area contributed by atoms with Crippen molar-refractivity contribution >= 4 is 22.5 Å². The van der Waals surface area contributed by atoms with Gasteiger partial charge in [-0.15, -0.1) is 0 Å². The lowest BCUT2D eigenvalue weighted by Crippen LogP contribution is -2.17. The summed E-state index contributed by atoms with van der Waals surface area (Å²) >= 11 is 0. The molecule has 0 aliphatic heterocycles. The summed E-state index contributed by atoms with van der Waals surface area (Å²) in [7, 11) is 1.52. The summed E-state index contributed by atoms with van der Waals surface area (Å²) < 4.78 is 6.19. The third-order valence-corrected chi connectivity index (χ3v) is 2.87. The Morgan fingerprint density at radius 3 is 2.89 bits per heavy atom. The zero-order valence-electron chi connectivity index (χ0n) is 10.0. The van der Waals surface area contributed by atoms with Crippen molar-refractivity contribution in [3.63, 3.8) is 0 Å². The van der Waals surface area contributed by atoms with Crippen LogP contribution in [-0.4, -0.2) is 27.6 Å². The van der Waals surface area contributed by atoms with Gasteiger partial charge in [-0.1, -0.05) is 0 Å². The second-order valence-corrected chi connectivity index (χ2v) is 4.03. The second kappa shape index (κ2) is 3.84. The number of primary amides is 1. The van der Waals surface area contributed by atoms with E-state index in [0.29, 0.717) is 22.3 Å². The number of ether oxygens (including phenoxy) is 1. The Bertz CT molecular complexity index is 862. The van der Waals surface area contributed by atoms with Crippen molar-refractivity contribution in [2.75, 3.05) is 7.11 Å². The number of nitrogens with zero attached hydrogens (tertiary/aromatic N) is 2. The van der Waals surface area contributed by atoms with E-state index >= 15 is 0 Å². The summed E-state index contributed by atoms with van der Waals surface area (Å²) in [5.41, 5.74) is 5.89. The molecule has 0 bridgehead atoms. The van der Waals surface area contributed by atoms with E-state index in [1.807, 2.05) is 0 Å². The van der Waals surface area contributed by atoms with Gasteiger partial charge in [0.25, 0.3) is 11.5 Å². The predicted molar refractivity (Wildman–Crippen MR) is 68.4 cm³/mol. The Kier molecular flexibility index (Phi) is 2.28. The number of hydrogen-bond donors (Lipinski definition) is 2. The smallest absolute Gasteiger partial charge is 0.282 e. The Morgan fingerprint density at radius 2 is 2.21 bits per heavy atom. The fraction of sp³-hybridized carbons (Fsp3) is 0.0833. The van der Waals surface area contributed by atoms with Gasteiger partial charge in [0.05, 0.1) is 18.0 Å². The van der Waals surface area contributed by atoms with Gasteiger partial charge in [-0.05, 0) is 18.2 Å². The molecule has 0 spiro atoms. The molecule has 1 amide bonds. The van der Waals surface area contributed by atoms with Crippen LogP contribution in [0.2, 0.25) is 0 Å². The fourth-order valence-corrected chi connectivity index (χ4v) is 1.93. The number of hydrogen-bond acceptors (Lipinski definition) is 4. The number of fused-ring (bicyclic) bond motifs is 2. The molecular weight excluding hydrogens is 248 g/mol. The quantitative estimate of drug-likeness (QED) is 0.689. The van der Waals surface area contributed by atoms with E-state index < -0.39 is 5.91 Å². The van der Waals surface area contributed by atoms with Crippen LogP contribution in [0.3, 0.4) is 0 Å². The number of carbonyl (C=O) groups excluding carboxylic acids is 1. The number of carbonyl (C=O) groups is 1. The van der Waals surface area contributed by atoms with Crippen LogP contribution in [0.1, 0.15) is 10.5 Å². The largest absolute Gasteiger partial charge is 0.497 e. The maximum absolute atomic E-state index is 12.3. The summed E-state index contributed by atoms with van der Waals surface area (Å²) in [5.74, 6) is -0.113. The highest BCUT2D eigenvalue weighted by atomic mass is 16.5. The first-order valence-corrected chi connectivity index (χ1v) is 5.50. The highest BCUT2D eigenvalue weighted by molar-refractivity contribution is 5.92. The van der Waals surface area contributed by atoms with Crippen molar-refractivity contribution in [2.45, 2.75) is 0 Å². The maximum atomic E-state index is 12.3. The normalized spacial score (nSPS) is 11.0. The number of nitrogens with two attached hydrogens (primary N) is 1. The average molecular weight is 258 g/mol. The van der Waals surface area contributed by atoms with Crippen molar-refractivity contribution in [3.05, 3.63) is 40.3 Å². The standard InChI is InChI=1S/C12H10N4O3/c1-19-6-2-3-8-7(4-6)12(18)16-10(14-8)5-9(15-16)11(13)17/h2-5,14H,1H3,(H2,13,17). The maximum Gasteiger partial charge on any atom is 0.282 e. The molecule has 0 saturated carbocycles. The average Bonchev–Trinajstić information content (AvgIpc) is 2.83. The van der Waals surface area contributed by atoms with Crippen LogP contribution in [0, 0.1) is 0 Å². The zero-order valence-corrected chi connectivity index (χ0v) is 10.0. The number of aromatic amines is 1. The topological polar surface area (TPSA) is 102 Å². The molecule has 19 heavy (non-hydrogen) atoms. The lowest BCUT2D eigenvalue weighted by Gasteiger charge is -2.02. The van der Waals surface area contributed by atoms with E-state index in [-0.39, 0.29) is 11.3 Å². The SMILES string of the molecule is COc1ccc2[nH]c3cc(C(N)=O)nn3c(=O)c2c1. The van der Waals surface area contributed by atoms with Crippen molar-refractivity contribution in [2.24, 2.45) is 5.73 Å². The van der Waals surface area contributed by atoms with Gasteiger partial charge in [0.1, 0.15) is 11.4 Å². The minimum absolute atomic E-state index is 0.0376. The first-order valence-electron chi connectivity index (χ1n) is 5.50. The van der Waals surface area contributed by atoms with Gasteiger partial charge < -0.3 is 15.5 Å². The van der Waals surface area contributed by atoms with E-state index in [4.69, 9.17) is 10.5 Å².